The van der Waals surface area contributed by atoms with E-state index in [1.165, 1.54) is 0 Å². The van der Waals surface area contributed by atoms with Crippen LogP contribution in [0.1, 0.15) is 11.1 Å². The van der Waals surface area contributed by atoms with E-state index < -0.39 is 0 Å². The van der Waals surface area contributed by atoms with Gasteiger partial charge in [-0.1, -0.05) is 73.8 Å². The largest absolute Gasteiger partial charge is 0.0843 e. The zero-order valence-electron chi connectivity index (χ0n) is 8.83. The van der Waals surface area contributed by atoms with Gasteiger partial charge in [-0.05, 0) is 35.4 Å². The molecule has 0 aromatic heterocycles. The lowest BCUT2D eigenvalue weighted by molar-refractivity contribution is 1.59. The molecule has 0 radical (unpaired) electrons. The number of hydrogen-bond acceptors (Lipinski definition) is 0. The molecular formula is C14H9Br2Cl. The van der Waals surface area contributed by atoms with Crippen molar-refractivity contribution in [1.29, 1.82) is 0 Å². The summed E-state index contributed by atoms with van der Waals surface area (Å²) in [4.78, 5) is 0. The fraction of sp³-hybridized carbons (Fsp3) is 0. The average molecular weight is 372 g/mol. The fourth-order valence-corrected chi connectivity index (χ4v) is 2.77. The van der Waals surface area contributed by atoms with E-state index >= 15 is 0 Å². The molecule has 0 aliphatic rings. The van der Waals surface area contributed by atoms with Gasteiger partial charge >= 0.3 is 0 Å². The molecule has 0 atom stereocenters. The summed E-state index contributed by atoms with van der Waals surface area (Å²) in [6.45, 7) is 0. The van der Waals surface area contributed by atoms with Crippen LogP contribution in [0.25, 0.3) is 12.2 Å². The van der Waals surface area contributed by atoms with E-state index in [-0.39, 0.29) is 0 Å². The van der Waals surface area contributed by atoms with Crippen molar-refractivity contribution in [2.45, 2.75) is 0 Å². The third-order valence-electron chi connectivity index (χ3n) is 2.25. The van der Waals surface area contributed by atoms with Crippen LogP contribution in [0.15, 0.2) is 51.4 Å². The van der Waals surface area contributed by atoms with Gasteiger partial charge < -0.3 is 0 Å². The molecule has 0 saturated heterocycles. The molecule has 2 rings (SSSR count). The van der Waals surface area contributed by atoms with Crippen molar-refractivity contribution in [2.75, 3.05) is 0 Å². The van der Waals surface area contributed by atoms with E-state index in [9.17, 15) is 0 Å². The maximum Gasteiger partial charge on any atom is 0.0423 e. The Balaban J connectivity index is 2.29. The lowest BCUT2D eigenvalue weighted by Crippen LogP contribution is -1.76. The lowest BCUT2D eigenvalue weighted by Gasteiger charge is -1.99. The van der Waals surface area contributed by atoms with Crippen LogP contribution in [-0.2, 0) is 0 Å². The summed E-state index contributed by atoms with van der Waals surface area (Å²) < 4.78 is 2.06. The van der Waals surface area contributed by atoms with E-state index in [2.05, 4.69) is 44.0 Å². The Bertz CT molecular complexity index is 542. The van der Waals surface area contributed by atoms with E-state index in [1.807, 2.05) is 42.5 Å². The molecular weight excluding hydrogens is 363 g/mol. The van der Waals surface area contributed by atoms with Gasteiger partial charge in [-0.15, -0.1) is 0 Å². The van der Waals surface area contributed by atoms with E-state index in [4.69, 9.17) is 11.6 Å². The molecule has 86 valence electrons. The van der Waals surface area contributed by atoms with Crippen LogP contribution in [0.2, 0.25) is 5.02 Å². The summed E-state index contributed by atoms with van der Waals surface area (Å²) >= 11 is 12.9. The third kappa shape index (κ3) is 3.70. The van der Waals surface area contributed by atoms with Crippen LogP contribution >= 0.6 is 43.5 Å². The van der Waals surface area contributed by atoms with Gasteiger partial charge in [0.25, 0.3) is 0 Å². The first-order valence-corrected chi connectivity index (χ1v) is 7.00. The Morgan fingerprint density at radius 3 is 2.41 bits per heavy atom. The van der Waals surface area contributed by atoms with Crippen LogP contribution in [-0.4, -0.2) is 0 Å². The second-order valence-electron chi connectivity index (χ2n) is 3.56. The van der Waals surface area contributed by atoms with Gasteiger partial charge in [0, 0.05) is 14.0 Å². The smallest absolute Gasteiger partial charge is 0.0423 e. The highest BCUT2D eigenvalue weighted by atomic mass is 79.9. The van der Waals surface area contributed by atoms with Gasteiger partial charge in [0.1, 0.15) is 0 Å². The van der Waals surface area contributed by atoms with Gasteiger partial charge in [-0.2, -0.15) is 0 Å². The van der Waals surface area contributed by atoms with Gasteiger partial charge in [-0.3, -0.25) is 0 Å². The molecule has 0 spiro atoms. The van der Waals surface area contributed by atoms with Crippen molar-refractivity contribution >= 4 is 55.6 Å². The molecule has 0 nitrogen and oxygen atoms in total. The summed E-state index contributed by atoms with van der Waals surface area (Å²) in [5, 5.41) is 0.728. The van der Waals surface area contributed by atoms with Crippen molar-refractivity contribution in [3.63, 3.8) is 0 Å². The monoisotopic (exact) mass is 370 g/mol. The maximum absolute atomic E-state index is 5.99. The highest BCUT2D eigenvalue weighted by Gasteiger charge is 1.96. The first-order valence-electron chi connectivity index (χ1n) is 5.04. The van der Waals surface area contributed by atoms with Gasteiger partial charge in [0.15, 0.2) is 0 Å². The van der Waals surface area contributed by atoms with Crippen molar-refractivity contribution in [3.8, 4) is 0 Å². The molecule has 0 amide bonds. The number of rotatable bonds is 2. The van der Waals surface area contributed by atoms with Crippen molar-refractivity contribution in [1.82, 2.24) is 0 Å². The SMILES string of the molecule is Clc1cc(Br)cc(C=Cc2ccccc2Br)c1. The Kier molecular flexibility index (Phi) is 4.43. The predicted molar refractivity (Wildman–Crippen MR) is 82.2 cm³/mol. The van der Waals surface area contributed by atoms with Gasteiger partial charge in [0.2, 0.25) is 0 Å². The Morgan fingerprint density at radius 2 is 1.71 bits per heavy atom. The summed E-state index contributed by atoms with van der Waals surface area (Å²) in [7, 11) is 0. The minimum Gasteiger partial charge on any atom is -0.0843 e. The molecule has 17 heavy (non-hydrogen) atoms. The molecule has 0 unspecified atom stereocenters. The highest BCUT2D eigenvalue weighted by molar-refractivity contribution is 9.10. The molecule has 0 saturated carbocycles. The second kappa shape index (κ2) is 5.85. The van der Waals surface area contributed by atoms with Crippen LogP contribution in [0.3, 0.4) is 0 Å². The van der Waals surface area contributed by atoms with Crippen LogP contribution < -0.4 is 0 Å². The Hall–Kier alpha value is -0.570. The van der Waals surface area contributed by atoms with E-state index in [1.54, 1.807) is 0 Å². The summed E-state index contributed by atoms with van der Waals surface area (Å²) in [6, 6.07) is 13.9. The third-order valence-corrected chi connectivity index (χ3v) is 3.64. The molecule has 0 aliphatic heterocycles. The average Bonchev–Trinajstić information content (AvgIpc) is 2.27. The molecule has 0 heterocycles. The molecule has 0 fully saturated rings. The molecule has 0 bridgehead atoms. The predicted octanol–water partition coefficient (Wildman–Crippen LogP) is 6.04. The fourth-order valence-electron chi connectivity index (χ4n) is 1.47. The summed E-state index contributed by atoms with van der Waals surface area (Å²) in [6.07, 6.45) is 4.10. The molecule has 0 N–H and O–H groups in total. The molecule has 3 heteroatoms. The zero-order valence-corrected chi connectivity index (χ0v) is 12.8. The minimum atomic E-state index is 0.728. The highest BCUT2D eigenvalue weighted by Crippen LogP contribution is 2.22. The number of halogens is 3. The van der Waals surface area contributed by atoms with Gasteiger partial charge in [0.05, 0.1) is 0 Å². The lowest BCUT2D eigenvalue weighted by atomic mass is 10.1. The quantitative estimate of drug-likeness (QED) is 0.564. The zero-order chi connectivity index (χ0) is 12.3. The van der Waals surface area contributed by atoms with Crippen molar-refractivity contribution in [2.24, 2.45) is 0 Å². The van der Waals surface area contributed by atoms with E-state index in [0.717, 1.165) is 25.1 Å². The maximum atomic E-state index is 5.99. The molecule has 2 aromatic carbocycles. The molecule has 2 aromatic rings. The summed E-state index contributed by atoms with van der Waals surface area (Å²) in [5.74, 6) is 0. The van der Waals surface area contributed by atoms with Crippen LogP contribution in [0.5, 0.6) is 0 Å². The topological polar surface area (TPSA) is 0 Å². The first-order chi connectivity index (χ1) is 8.15. The van der Waals surface area contributed by atoms with Crippen LogP contribution in [0.4, 0.5) is 0 Å². The Labute approximate surface area is 123 Å². The summed E-state index contributed by atoms with van der Waals surface area (Å²) in [5.41, 5.74) is 2.21. The van der Waals surface area contributed by atoms with Crippen molar-refractivity contribution in [3.05, 3.63) is 67.6 Å². The normalized spacial score (nSPS) is 11.0. The Morgan fingerprint density at radius 1 is 0.941 bits per heavy atom. The van der Waals surface area contributed by atoms with Crippen molar-refractivity contribution < 1.29 is 0 Å². The minimum absolute atomic E-state index is 0.728. The molecule has 0 aliphatic carbocycles. The van der Waals surface area contributed by atoms with E-state index in [0.29, 0.717) is 0 Å². The number of hydrogen-bond donors (Lipinski definition) is 0. The van der Waals surface area contributed by atoms with Crippen LogP contribution in [0, 0.1) is 0 Å². The first kappa shape index (κ1) is 12.9. The number of benzene rings is 2. The second-order valence-corrected chi connectivity index (χ2v) is 5.76. The van der Waals surface area contributed by atoms with Gasteiger partial charge in [-0.25, -0.2) is 0 Å². The standard InChI is InChI=1S/C14H9Br2Cl/c15-12-7-10(8-13(17)9-12)5-6-11-3-1-2-4-14(11)16/h1-9H.